The number of halogens is 1. The van der Waals surface area contributed by atoms with Crippen LogP contribution in [0.4, 0.5) is 10.1 Å². The van der Waals surface area contributed by atoms with E-state index in [1.165, 1.54) is 18.3 Å². The smallest absolute Gasteiger partial charge is 0.226 e. The maximum absolute atomic E-state index is 12.8. The van der Waals surface area contributed by atoms with E-state index in [1.807, 2.05) is 6.92 Å². The number of nitrogens with zero attached hydrogens (tertiary/aromatic N) is 1. The number of rotatable bonds is 4. The summed E-state index contributed by atoms with van der Waals surface area (Å²) in [5, 5.41) is 2.85. The van der Waals surface area contributed by atoms with Gasteiger partial charge in [-0.2, -0.15) is 0 Å². The summed E-state index contributed by atoms with van der Waals surface area (Å²) in [7, 11) is 0. The molecule has 2 rings (SSSR count). The Morgan fingerprint density at radius 1 is 1.30 bits per heavy atom. The van der Waals surface area contributed by atoms with Gasteiger partial charge in [-0.05, 0) is 36.8 Å². The molecule has 0 aliphatic heterocycles. The lowest BCUT2D eigenvalue weighted by Crippen LogP contribution is -2.28. The summed E-state index contributed by atoms with van der Waals surface area (Å²) in [5.74, 6) is -0.433. The van der Waals surface area contributed by atoms with Gasteiger partial charge < -0.3 is 11.1 Å². The second-order valence-electron chi connectivity index (χ2n) is 4.60. The van der Waals surface area contributed by atoms with Crippen molar-refractivity contribution in [1.29, 1.82) is 0 Å². The molecule has 0 aliphatic carbocycles. The van der Waals surface area contributed by atoms with E-state index in [9.17, 15) is 9.18 Å². The average Bonchev–Trinajstić information content (AvgIpc) is 2.42. The number of nitrogens with two attached hydrogens (primary N) is 1. The summed E-state index contributed by atoms with van der Waals surface area (Å²) >= 11 is 0. The first-order valence-electron chi connectivity index (χ1n) is 6.30. The molecule has 1 heterocycles. The number of aromatic nitrogens is 1. The lowest BCUT2D eigenvalue weighted by molar-refractivity contribution is -0.121. The minimum atomic E-state index is -0.293. The van der Waals surface area contributed by atoms with E-state index in [0.717, 1.165) is 5.56 Å². The zero-order valence-electron chi connectivity index (χ0n) is 11.1. The van der Waals surface area contributed by atoms with Crippen LogP contribution in [0.15, 0.2) is 42.6 Å². The fourth-order valence-corrected chi connectivity index (χ4v) is 1.83. The lowest BCUT2D eigenvalue weighted by Gasteiger charge is -2.14. The molecule has 4 nitrogen and oxygen atoms in total. The molecule has 0 unspecified atom stereocenters. The van der Waals surface area contributed by atoms with Crippen LogP contribution in [-0.2, 0) is 11.2 Å². The number of hydrogen-bond acceptors (Lipinski definition) is 3. The Bertz CT molecular complexity index is 581. The molecule has 1 amide bonds. The summed E-state index contributed by atoms with van der Waals surface area (Å²) in [6.07, 6.45) is 1.71. The van der Waals surface area contributed by atoms with Crippen LogP contribution >= 0.6 is 0 Å². The fraction of sp³-hybridized carbons (Fsp3) is 0.200. The summed E-state index contributed by atoms with van der Waals surface area (Å²) in [6.45, 7) is 1.85. The molecule has 2 aromatic rings. The molecule has 0 saturated carbocycles. The first-order chi connectivity index (χ1) is 9.54. The lowest BCUT2D eigenvalue weighted by atomic mass is 10.1. The van der Waals surface area contributed by atoms with Gasteiger partial charge in [-0.3, -0.25) is 9.78 Å². The number of pyridine rings is 1. The Morgan fingerprint density at radius 2 is 2.00 bits per heavy atom. The molecule has 20 heavy (non-hydrogen) atoms. The van der Waals surface area contributed by atoms with E-state index in [0.29, 0.717) is 11.4 Å². The van der Waals surface area contributed by atoms with Crippen LogP contribution in [0, 0.1) is 5.82 Å². The number of carbonyl (C=O) groups excluding carboxylic acids is 1. The predicted octanol–water partition coefficient (Wildman–Crippen LogP) is 2.22. The maximum Gasteiger partial charge on any atom is 0.226 e. The van der Waals surface area contributed by atoms with E-state index >= 15 is 0 Å². The highest BCUT2D eigenvalue weighted by Gasteiger charge is 2.10. The summed E-state index contributed by atoms with van der Waals surface area (Å²) in [4.78, 5) is 16.0. The Labute approximate surface area is 116 Å². The normalized spacial score (nSPS) is 11.9. The van der Waals surface area contributed by atoms with Crippen molar-refractivity contribution in [2.45, 2.75) is 19.4 Å². The van der Waals surface area contributed by atoms with Crippen LogP contribution in [0.5, 0.6) is 0 Å². The van der Waals surface area contributed by atoms with Gasteiger partial charge in [0.15, 0.2) is 0 Å². The van der Waals surface area contributed by atoms with Gasteiger partial charge in [0.1, 0.15) is 5.82 Å². The molecular formula is C15H16FN3O. The van der Waals surface area contributed by atoms with Crippen molar-refractivity contribution in [1.82, 2.24) is 10.3 Å². The topological polar surface area (TPSA) is 68.0 Å². The highest BCUT2D eigenvalue weighted by molar-refractivity contribution is 5.78. The standard InChI is InChI=1S/C15H16FN3O/c1-10(11-2-4-12(16)5-3-11)19-15(20)8-14-7-6-13(17)9-18-14/h2-7,9-10H,8,17H2,1H3,(H,19,20)/t10-/m1/s1. The molecule has 0 aliphatic rings. The minimum Gasteiger partial charge on any atom is -0.397 e. The molecule has 0 radical (unpaired) electrons. The molecule has 1 aromatic heterocycles. The molecule has 1 aromatic carbocycles. The molecular weight excluding hydrogens is 257 g/mol. The number of nitrogens with one attached hydrogen (secondary N) is 1. The second kappa shape index (κ2) is 6.14. The Morgan fingerprint density at radius 3 is 2.60 bits per heavy atom. The van der Waals surface area contributed by atoms with Gasteiger partial charge >= 0.3 is 0 Å². The van der Waals surface area contributed by atoms with Crippen LogP contribution in [-0.4, -0.2) is 10.9 Å². The van der Waals surface area contributed by atoms with Gasteiger partial charge in [-0.1, -0.05) is 12.1 Å². The molecule has 5 heteroatoms. The summed E-state index contributed by atoms with van der Waals surface area (Å²) < 4.78 is 12.8. The first-order valence-corrected chi connectivity index (χ1v) is 6.30. The van der Waals surface area contributed by atoms with E-state index in [-0.39, 0.29) is 24.2 Å². The first kappa shape index (κ1) is 14.0. The van der Waals surface area contributed by atoms with Gasteiger partial charge in [0.05, 0.1) is 24.3 Å². The number of anilines is 1. The van der Waals surface area contributed by atoms with E-state index in [1.54, 1.807) is 24.3 Å². The van der Waals surface area contributed by atoms with Crippen molar-refractivity contribution in [2.75, 3.05) is 5.73 Å². The van der Waals surface area contributed by atoms with Crippen molar-refractivity contribution in [2.24, 2.45) is 0 Å². The number of amides is 1. The van der Waals surface area contributed by atoms with Crippen LogP contribution in [0.2, 0.25) is 0 Å². The molecule has 0 spiro atoms. The predicted molar refractivity (Wildman–Crippen MR) is 75.3 cm³/mol. The highest BCUT2D eigenvalue weighted by Crippen LogP contribution is 2.13. The second-order valence-corrected chi connectivity index (χ2v) is 4.60. The molecule has 0 bridgehead atoms. The number of carbonyl (C=O) groups is 1. The third-order valence-corrected chi connectivity index (χ3v) is 2.94. The number of hydrogen-bond donors (Lipinski definition) is 2. The molecule has 104 valence electrons. The quantitative estimate of drug-likeness (QED) is 0.897. The van der Waals surface area contributed by atoms with Crippen LogP contribution < -0.4 is 11.1 Å². The Hall–Kier alpha value is -2.43. The van der Waals surface area contributed by atoms with Crippen molar-refractivity contribution < 1.29 is 9.18 Å². The fourth-order valence-electron chi connectivity index (χ4n) is 1.83. The van der Waals surface area contributed by atoms with Crippen LogP contribution in [0.1, 0.15) is 24.2 Å². The van der Waals surface area contributed by atoms with Crippen molar-refractivity contribution in [3.63, 3.8) is 0 Å². The SMILES string of the molecule is C[C@@H](NC(=O)Cc1ccc(N)cn1)c1ccc(F)cc1. The monoisotopic (exact) mass is 273 g/mol. The Balaban J connectivity index is 1.93. The molecule has 3 N–H and O–H groups in total. The summed E-state index contributed by atoms with van der Waals surface area (Å²) in [5.41, 5.74) is 7.60. The van der Waals surface area contributed by atoms with Gasteiger partial charge in [0, 0.05) is 5.69 Å². The third-order valence-electron chi connectivity index (χ3n) is 2.94. The zero-order valence-corrected chi connectivity index (χ0v) is 11.1. The summed E-state index contributed by atoms with van der Waals surface area (Å²) in [6, 6.07) is 9.30. The molecule has 0 saturated heterocycles. The van der Waals surface area contributed by atoms with Crippen molar-refractivity contribution >= 4 is 11.6 Å². The number of nitrogen functional groups attached to an aromatic ring is 1. The van der Waals surface area contributed by atoms with Gasteiger partial charge in [-0.25, -0.2) is 4.39 Å². The van der Waals surface area contributed by atoms with Crippen LogP contribution in [0.25, 0.3) is 0 Å². The molecule has 0 fully saturated rings. The van der Waals surface area contributed by atoms with Crippen LogP contribution in [0.3, 0.4) is 0 Å². The van der Waals surface area contributed by atoms with Gasteiger partial charge in [0.2, 0.25) is 5.91 Å². The highest BCUT2D eigenvalue weighted by atomic mass is 19.1. The number of benzene rings is 1. The minimum absolute atomic E-state index is 0.140. The van der Waals surface area contributed by atoms with Gasteiger partial charge in [0.25, 0.3) is 0 Å². The van der Waals surface area contributed by atoms with Crippen molar-refractivity contribution in [3.05, 3.63) is 59.7 Å². The van der Waals surface area contributed by atoms with Gasteiger partial charge in [-0.15, -0.1) is 0 Å². The zero-order chi connectivity index (χ0) is 14.5. The van der Waals surface area contributed by atoms with E-state index in [4.69, 9.17) is 5.73 Å². The van der Waals surface area contributed by atoms with E-state index < -0.39 is 0 Å². The Kier molecular flexibility index (Phi) is 4.30. The average molecular weight is 273 g/mol. The van der Waals surface area contributed by atoms with E-state index in [2.05, 4.69) is 10.3 Å². The largest absolute Gasteiger partial charge is 0.397 e. The maximum atomic E-state index is 12.8. The third kappa shape index (κ3) is 3.78. The van der Waals surface area contributed by atoms with Crippen molar-refractivity contribution in [3.8, 4) is 0 Å². The molecule has 1 atom stereocenters.